The van der Waals surface area contributed by atoms with E-state index in [2.05, 4.69) is 38.6 Å². The number of aromatic nitrogens is 4. The molecular weight excluding hydrogens is 400 g/mol. The quantitative estimate of drug-likeness (QED) is 0.450. The molecule has 32 heavy (non-hydrogen) atoms. The van der Waals surface area contributed by atoms with E-state index in [1.807, 2.05) is 51.2 Å². The number of hydrogen-bond acceptors (Lipinski definition) is 7. The van der Waals surface area contributed by atoms with Crippen molar-refractivity contribution in [2.75, 3.05) is 7.05 Å². The molecule has 0 aliphatic carbocycles. The van der Waals surface area contributed by atoms with Gasteiger partial charge in [-0.3, -0.25) is 9.97 Å². The molecule has 1 unspecified atom stereocenters. The molecular formula is C25H24N6O. The molecule has 1 aromatic carbocycles. The van der Waals surface area contributed by atoms with E-state index in [9.17, 15) is 5.26 Å². The number of hydrogen-bond donors (Lipinski definition) is 1. The van der Waals surface area contributed by atoms with Crippen molar-refractivity contribution >= 4 is 0 Å². The standard InChI is InChI=1S/C25H24N6O/c1-4-18(13-26)21-11-20(9-10-28-21)23-15-29-16(2)25(30-23)24-12-22(31-32-24)19-7-5-17(6-8-19)14-27-3/h5-12,15,18,27H,4,14H2,1-3H3. The van der Waals surface area contributed by atoms with Crippen molar-refractivity contribution in [1.82, 2.24) is 25.4 Å². The highest BCUT2D eigenvalue weighted by Crippen LogP contribution is 2.29. The first-order valence-electron chi connectivity index (χ1n) is 10.5. The van der Waals surface area contributed by atoms with Crippen LogP contribution in [0.2, 0.25) is 0 Å². The van der Waals surface area contributed by atoms with Gasteiger partial charge in [0.2, 0.25) is 0 Å². The maximum absolute atomic E-state index is 9.37. The summed E-state index contributed by atoms with van der Waals surface area (Å²) in [6, 6.07) is 16.1. The second-order valence-electron chi connectivity index (χ2n) is 7.55. The van der Waals surface area contributed by atoms with E-state index in [1.54, 1.807) is 12.4 Å². The van der Waals surface area contributed by atoms with Crippen LogP contribution in [0.1, 0.15) is 36.2 Å². The van der Waals surface area contributed by atoms with Crippen LogP contribution in [-0.2, 0) is 6.54 Å². The molecule has 0 amide bonds. The SMILES string of the molecule is CCC(C#N)c1cc(-c2cnc(C)c(-c3cc(-c4ccc(CNC)cc4)no3)n2)ccn1. The molecule has 4 aromatic rings. The van der Waals surface area contributed by atoms with Crippen LogP contribution in [0.4, 0.5) is 0 Å². The third kappa shape index (κ3) is 4.41. The minimum absolute atomic E-state index is 0.246. The highest BCUT2D eigenvalue weighted by molar-refractivity contribution is 5.68. The van der Waals surface area contributed by atoms with Crippen LogP contribution in [0, 0.1) is 18.3 Å². The summed E-state index contributed by atoms with van der Waals surface area (Å²) in [5.41, 5.74) is 6.59. The predicted molar refractivity (Wildman–Crippen MR) is 122 cm³/mol. The average Bonchev–Trinajstić information content (AvgIpc) is 3.31. The van der Waals surface area contributed by atoms with Gasteiger partial charge in [0, 0.05) is 29.9 Å². The van der Waals surface area contributed by atoms with E-state index in [0.29, 0.717) is 23.6 Å². The summed E-state index contributed by atoms with van der Waals surface area (Å²) in [4.78, 5) is 13.7. The number of rotatable bonds is 7. The lowest BCUT2D eigenvalue weighted by Crippen LogP contribution is -2.04. The first-order valence-corrected chi connectivity index (χ1v) is 10.5. The van der Waals surface area contributed by atoms with Crippen LogP contribution in [-0.4, -0.2) is 27.2 Å². The number of nitrogens with zero attached hydrogens (tertiary/aromatic N) is 5. The van der Waals surface area contributed by atoms with E-state index in [0.717, 1.165) is 34.8 Å². The third-order valence-corrected chi connectivity index (χ3v) is 5.33. The Balaban J connectivity index is 1.66. The highest BCUT2D eigenvalue weighted by Gasteiger charge is 2.16. The first kappa shape index (κ1) is 21.3. The van der Waals surface area contributed by atoms with Gasteiger partial charge in [-0.25, -0.2) is 4.98 Å². The third-order valence-electron chi connectivity index (χ3n) is 5.33. The number of nitriles is 1. The van der Waals surface area contributed by atoms with Crippen LogP contribution < -0.4 is 5.32 Å². The molecule has 1 N–H and O–H groups in total. The Labute approximate surface area is 187 Å². The molecule has 0 saturated carbocycles. The van der Waals surface area contributed by atoms with Gasteiger partial charge in [-0.1, -0.05) is 36.3 Å². The Morgan fingerprint density at radius 1 is 1.06 bits per heavy atom. The van der Waals surface area contributed by atoms with Crippen molar-refractivity contribution in [2.24, 2.45) is 0 Å². The summed E-state index contributed by atoms with van der Waals surface area (Å²) in [5, 5.41) is 16.7. The average molecular weight is 425 g/mol. The highest BCUT2D eigenvalue weighted by atomic mass is 16.5. The minimum atomic E-state index is -0.246. The lowest BCUT2D eigenvalue weighted by atomic mass is 10.0. The molecule has 0 fully saturated rings. The fourth-order valence-corrected chi connectivity index (χ4v) is 3.51. The topological polar surface area (TPSA) is 101 Å². The summed E-state index contributed by atoms with van der Waals surface area (Å²) in [6.07, 6.45) is 4.13. The summed E-state index contributed by atoms with van der Waals surface area (Å²) in [6.45, 7) is 4.68. The van der Waals surface area contributed by atoms with Crippen molar-refractivity contribution in [3.05, 3.63) is 71.8 Å². The zero-order valence-corrected chi connectivity index (χ0v) is 18.3. The molecule has 4 rings (SSSR count). The molecule has 0 spiro atoms. The largest absolute Gasteiger partial charge is 0.354 e. The number of aryl methyl sites for hydroxylation is 1. The van der Waals surface area contributed by atoms with Crippen LogP contribution in [0.25, 0.3) is 34.0 Å². The van der Waals surface area contributed by atoms with Gasteiger partial charge in [0.25, 0.3) is 0 Å². The second-order valence-corrected chi connectivity index (χ2v) is 7.55. The number of benzene rings is 1. The summed E-state index contributed by atoms with van der Waals surface area (Å²) >= 11 is 0. The van der Waals surface area contributed by atoms with Gasteiger partial charge in [-0.2, -0.15) is 5.26 Å². The molecule has 160 valence electrons. The van der Waals surface area contributed by atoms with Crippen LogP contribution in [0.15, 0.2) is 59.4 Å². The Kier molecular flexibility index (Phi) is 6.34. The Hall–Kier alpha value is -3.89. The fraction of sp³-hybridized carbons (Fsp3) is 0.240. The van der Waals surface area contributed by atoms with Crippen LogP contribution in [0.5, 0.6) is 0 Å². The Morgan fingerprint density at radius 3 is 2.59 bits per heavy atom. The molecule has 0 aliphatic rings. The normalized spacial score (nSPS) is 11.8. The van der Waals surface area contributed by atoms with Gasteiger partial charge in [0.1, 0.15) is 11.4 Å². The molecule has 0 saturated heterocycles. The Bertz CT molecular complexity index is 1260. The van der Waals surface area contributed by atoms with Gasteiger partial charge >= 0.3 is 0 Å². The van der Waals surface area contributed by atoms with Gasteiger partial charge < -0.3 is 9.84 Å². The zero-order valence-electron chi connectivity index (χ0n) is 18.3. The van der Waals surface area contributed by atoms with E-state index in [1.165, 1.54) is 5.56 Å². The molecule has 0 bridgehead atoms. The van der Waals surface area contributed by atoms with Gasteiger partial charge in [-0.05, 0) is 38.1 Å². The van der Waals surface area contributed by atoms with Gasteiger partial charge in [0.05, 0.1) is 35.3 Å². The number of nitrogens with one attached hydrogen (secondary N) is 1. The molecule has 7 heteroatoms. The second kappa shape index (κ2) is 9.50. The fourth-order valence-electron chi connectivity index (χ4n) is 3.51. The van der Waals surface area contributed by atoms with E-state index in [-0.39, 0.29) is 5.92 Å². The smallest absolute Gasteiger partial charge is 0.187 e. The van der Waals surface area contributed by atoms with E-state index < -0.39 is 0 Å². The van der Waals surface area contributed by atoms with Gasteiger partial charge in [0.15, 0.2) is 5.76 Å². The molecule has 3 aromatic heterocycles. The summed E-state index contributed by atoms with van der Waals surface area (Å²) in [5.74, 6) is 0.313. The molecule has 0 aliphatic heterocycles. The van der Waals surface area contributed by atoms with Crippen molar-refractivity contribution in [1.29, 1.82) is 5.26 Å². The van der Waals surface area contributed by atoms with E-state index in [4.69, 9.17) is 9.51 Å². The monoisotopic (exact) mass is 424 g/mol. The van der Waals surface area contributed by atoms with Crippen LogP contribution >= 0.6 is 0 Å². The number of pyridine rings is 1. The maximum Gasteiger partial charge on any atom is 0.187 e. The van der Waals surface area contributed by atoms with Crippen molar-refractivity contribution in [3.8, 4) is 40.0 Å². The predicted octanol–water partition coefficient (Wildman–Crippen LogP) is 4.91. The maximum atomic E-state index is 9.37. The van der Waals surface area contributed by atoms with E-state index >= 15 is 0 Å². The van der Waals surface area contributed by atoms with Crippen molar-refractivity contribution in [2.45, 2.75) is 32.7 Å². The minimum Gasteiger partial charge on any atom is -0.354 e. The molecule has 0 radical (unpaired) electrons. The molecule has 7 nitrogen and oxygen atoms in total. The summed E-state index contributed by atoms with van der Waals surface area (Å²) < 4.78 is 5.63. The molecule has 3 heterocycles. The summed E-state index contributed by atoms with van der Waals surface area (Å²) in [7, 11) is 1.92. The lowest BCUT2D eigenvalue weighted by Gasteiger charge is -2.09. The molecule has 1 atom stereocenters. The van der Waals surface area contributed by atoms with Crippen molar-refractivity contribution in [3.63, 3.8) is 0 Å². The Morgan fingerprint density at radius 2 is 1.88 bits per heavy atom. The lowest BCUT2D eigenvalue weighted by molar-refractivity contribution is 0.433. The van der Waals surface area contributed by atoms with Crippen LogP contribution in [0.3, 0.4) is 0 Å². The first-order chi connectivity index (χ1) is 15.6. The zero-order chi connectivity index (χ0) is 22.5. The van der Waals surface area contributed by atoms with Crippen molar-refractivity contribution < 1.29 is 4.52 Å². The van der Waals surface area contributed by atoms with Gasteiger partial charge in [-0.15, -0.1) is 0 Å².